The molecule has 26 heavy (non-hydrogen) atoms. The molecule has 2 aromatic carbocycles. The largest absolute Gasteiger partial charge is 0.497 e. The van der Waals surface area contributed by atoms with Crippen LogP contribution in [0.2, 0.25) is 0 Å². The molecule has 3 rings (SSSR count). The Morgan fingerprint density at radius 3 is 2.50 bits per heavy atom. The van der Waals surface area contributed by atoms with E-state index in [2.05, 4.69) is 46.7 Å². The highest BCUT2D eigenvalue weighted by Gasteiger charge is 2.30. The van der Waals surface area contributed by atoms with Crippen molar-refractivity contribution in [2.24, 2.45) is 10.2 Å². The van der Waals surface area contributed by atoms with E-state index in [-0.39, 0.29) is 11.2 Å². The van der Waals surface area contributed by atoms with Crippen LogP contribution in [-0.4, -0.2) is 29.1 Å². The summed E-state index contributed by atoms with van der Waals surface area (Å²) >= 11 is 1.42. The molecule has 0 aliphatic carbocycles. The second-order valence-corrected chi connectivity index (χ2v) is 7.30. The van der Waals surface area contributed by atoms with Crippen LogP contribution in [0.15, 0.2) is 58.7 Å². The van der Waals surface area contributed by atoms with Crippen LogP contribution in [0.1, 0.15) is 23.6 Å². The van der Waals surface area contributed by atoms with Crippen molar-refractivity contribution in [3.63, 3.8) is 0 Å². The van der Waals surface area contributed by atoms with E-state index in [1.807, 2.05) is 31.2 Å². The van der Waals surface area contributed by atoms with Crippen molar-refractivity contribution in [2.75, 3.05) is 7.11 Å². The van der Waals surface area contributed by atoms with Crippen LogP contribution < -0.4 is 10.1 Å². The molecule has 1 aliphatic heterocycles. The van der Waals surface area contributed by atoms with Gasteiger partial charge < -0.3 is 10.1 Å². The maximum absolute atomic E-state index is 12.2. The van der Waals surface area contributed by atoms with Crippen molar-refractivity contribution in [1.82, 2.24) is 5.32 Å². The molecular weight excluding hydrogens is 346 g/mol. The Morgan fingerprint density at radius 1 is 1.15 bits per heavy atom. The summed E-state index contributed by atoms with van der Waals surface area (Å²) < 4.78 is 5.15. The molecule has 1 aliphatic rings. The van der Waals surface area contributed by atoms with Crippen LogP contribution in [0, 0.1) is 6.92 Å². The van der Waals surface area contributed by atoms with Gasteiger partial charge in [0.05, 0.1) is 18.1 Å². The number of rotatable bonds is 5. The van der Waals surface area contributed by atoms with E-state index in [1.165, 1.54) is 17.3 Å². The summed E-state index contributed by atoms with van der Waals surface area (Å²) in [6.45, 7) is 3.94. The highest BCUT2D eigenvalue weighted by Crippen LogP contribution is 2.23. The predicted octanol–water partition coefficient (Wildman–Crippen LogP) is 3.56. The zero-order valence-corrected chi connectivity index (χ0v) is 15.8. The van der Waals surface area contributed by atoms with Gasteiger partial charge in [-0.1, -0.05) is 41.6 Å². The third-order valence-corrected chi connectivity index (χ3v) is 5.19. The molecule has 0 aromatic heterocycles. The summed E-state index contributed by atoms with van der Waals surface area (Å²) in [5.41, 5.74) is 4.09. The summed E-state index contributed by atoms with van der Waals surface area (Å²) in [5, 5.41) is 11.6. The fourth-order valence-electron chi connectivity index (χ4n) is 2.54. The summed E-state index contributed by atoms with van der Waals surface area (Å²) in [7, 11) is 1.63. The van der Waals surface area contributed by atoms with Crippen molar-refractivity contribution in [1.29, 1.82) is 0 Å². The smallest absolute Gasteiger partial charge is 0.239 e. The molecule has 0 bridgehead atoms. The van der Waals surface area contributed by atoms with Crippen molar-refractivity contribution < 1.29 is 9.53 Å². The van der Waals surface area contributed by atoms with Gasteiger partial charge in [0, 0.05) is 0 Å². The zero-order chi connectivity index (χ0) is 18.5. The van der Waals surface area contributed by atoms with Gasteiger partial charge in [0.25, 0.3) is 0 Å². The topological polar surface area (TPSA) is 63.1 Å². The molecule has 1 N–H and O–H groups in total. The maximum Gasteiger partial charge on any atom is 0.239 e. The molecule has 1 amide bonds. The van der Waals surface area contributed by atoms with E-state index >= 15 is 0 Å². The lowest BCUT2D eigenvalue weighted by molar-refractivity contribution is -0.118. The van der Waals surface area contributed by atoms with Gasteiger partial charge in [0.15, 0.2) is 5.17 Å². The van der Waals surface area contributed by atoms with Gasteiger partial charge in [-0.25, -0.2) is 0 Å². The lowest BCUT2D eigenvalue weighted by Gasteiger charge is -2.05. The average molecular weight is 367 g/mol. The zero-order valence-electron chi connectivity index (χ0n) is 15.0. The number of hydrogen-bond donors (Lipinski definition) is 1. The molecule has 0 radical (unpaired) electrons. The van der Waals surface area contributed by atoms with E-state index in [1.54, 1.807) is 7.11 Å². The van der Waals surface area contributed by atoms with Crippen LogP contribution in [0.5, 0.6) is 5.75 Å². The molecule has 1 unspecified atom stereocenters. The Balaban J connectivity index is 1.65. The third-order valence-electron chi connectivity index (χ3n) is 4.12. The van der Waals surface area contributed by atoms with E-state index in [4.69, 9.17) is 4.74 Å². The van der Waals surface area contributed by atoms with E-state index in [9.17, 15) is 4.79 Å². The van der Waals surface area contributed by atoms with E-state index < -0.39 is 0 Å². The average Bonchev–Trinajstić information content (AvgIpc) is 3.01. The third kappa shape index (κ3) is 4.52. The van der Waals surface area contributed by atoms with Crippen LogP contribution in [-0.2, 0) is 11.2 Å². The van der Waals surface area contributed by atoms with Crippen LogP contribution in [0.4, 0.5) is 0 Å². The lowest BCUT2D eigenvalue weighted by Crippen LogP contribution is -2.25. The number of nitrogens with zero attached hydrogens (tertiary/aromatic N) is 2. The van der Waals surface area contributed by atoms with Crippen LogP contribution in [0.3, 0.4) is 0 Å². The quantitative estimate of drug-likeness (QED) is 0.649. The maximum atomic E-state index is 12.2. The normalized spacial score (nSPS) is 18.9. The molecule has 1 saturated heterocycles. The molecule has 5 nitrogen and oxygen atoms in total. The van der Waals surface area contributed by atoms with Gasteiger partial charge in [-0.15, -0.1) is 5.10 Å². The number of carbonyl (C=O) groups excluding carboxylic acids is 1. The molecular formula is C20H21N3O2S. The molecule has 1 heterocycles. The summed E-state index contributed by atoms with van der Waals surface area (Å²) in [5.74, 6) is 0.775. The minimum absolute atomic E-state index is 0.0216. The molecule has 2 aromatic rings. The molecule has 134 valence electrons. The first-order chi connectivity index (χ1) is 12.5. The van der Waals surface area contributed by atoms with Gasteiger partial charge in [0.1, 0.15) is 5.75 Å². The van der Waals surface area contributed by atoms with E-state index in [0.717, 1.165) is 22.6 Å². The summed E-state index contributed by atoms with van der Waals surface area (Å²) in [4.78, 5) is 12.2. The first-order valence-corrected chi connectivity index (χ1v) is 9.23. The number of amides is 1. The standard InChI is InChI=1S/C20H21N3O2S/c1-13-4-6-15(7-5-13)12-18-19(24)21-20(26-18)23-22-14(2)16-8-10-17(25-3)11-9-16/h4-11,18H,12H2,1-3H3,(H,21,23,24)/b22-14-. The lowest BCUT2D eigenvalue weighted by atomic mass is 10.1. The minimum Gasteiger partial charge on any atom is -0.497 e. The number of thioether (sulfide) groups is 1. The van der Waals surface area contributed by atoms with Crippen molar-refractivity contribution in [3.8, 4) is 5.75 Å². The number of hydrogen-bond acceptors (Lipinski definition) is 5. The van der Waals surface area contributed by atoms with Crippen LogP contribution >= 0.6 is 11.8 Å². The summed E-state index contributed by atoms with van der Waals surface area (Å²) in [6, 6.07) is 15.9. The Kier molecular flexibility index (Phi) is 5.73. The first-order valence-electron chi connectivity index (χ1n) is 8.35. The fourth-order valence-corrected chi connectivity index (χ4v) is 3.49. The predicted molar refractivity (Wildman–Crippen MR) is 107 cm³/mol. The van der Waals surface area contributed by atoms with Gasteiger partial charge in [0.2, 0.25) is 5.91 Å². The van der Waals surface area contributed by atoms with Gasteiger partial charge in [-0.05, 0) is 55.7 Å². The molecule has 1 atom stereocenters. The number of aryl methyl sites for hydroxylation is 1. The monoisotopic (exact) mass is 367 g/mol. The van der Waals surface area contributed by atoms with Crippen molar-refractivity contribution >= 4 is 28.5 Å². The second-order valence-electron chi connectivity index (χ2n) is 6.10. The first kappa shape index (κ1) is 18.2. The molecule has 0 spiro atoms. The Hall–Kier alpha value is -2.60. The minimum atomic E-state index is -0.173. The number of benzene rings is 2. The number of methoxy groups -OCH3 is 1. The van der Waals surface area contributed by atoms with Crippen molar-refractivity contribution in [2.45, 2.75) is 25.5 Å². The Morgan fingerprint density at radius 2 is 1.85 bits per heavy atom. The van der Waals surface area contributed by atoms with Gasteiger partial charge in [-0.3, -0.25) is 4.79 Å². The Labute approximate surface area is 157 Å². The summed E-state index contributed by atoms with van der Waals surface area (Å²) in [6.07, 6.45) is 0.678. The van der Waals surface area contributed by atoms with Crippen molar-refractivity contribution in [3.05, 3.63) is 65.2 Å². The highest BCUT2D eigenvalue weighted by atomic mass is 32.2. The second kappa shape index (κ2) is 8.19. The number of amidine groups is 1. The molecule has 0 saturated carbocycles. The number of ether oxygens (including phenoxy) is 1. The highest BCUT2D eigenvalue weighted by molar-refractivity contribution is 8.15. The fraction of sp³-hybridized carbons (Fsp3) is 0.250. The van der Waals surface area contributed by atoms with Gasteiger partial charge >= 0.3 is 0 Å². The molecule has 1 fully saturated rings. The van der Waals surface area contributed by atoms with Gasteiger partial charge in [-0.2, -0.15) is 5.10 Å². The number of nitrogens with one attached hydrogen (secondary N) is 1. The SMILES string of the molecule is COc1ccc(/C(C)=N\N=C2/NC(=O)C(Cc3ccc(C)cc3)S2)cc1. The molecule has 6 heteroatoms. The number of carbonyl (C=O) groups is 1. The van der Waals surface area contributed by atoms with E-state index in [0.29, 0.717) is 11.6 Å². The Bertz CT molecular complexity index is 842. The van der Waals surface area contributed by atoms with Crippen LogP contribution in [0.25, 0.3) is 0 Å².